The summed E-state index contributed by atoms with van der Waals surface area (Å²) in [6.07, 6.45) is 0.407. The molecule has 0 saturated carbocycles. The predicted octanol–water partition coefficient (Wildman–Crippen LogP) is -0.461. The molecule has 5 heteroatoms. The van der Waals surface area contributed by atoms with E-state index in [4.69, 9.17) is 5.11 Å². The highest BCUT2D eigenvalue weighted by molar-refractivity contribution is 5.82. The second-order valence-corrected chi connectivity index (χ2v) is 2.97. The zero-order chi connectivity index (χ0) is 9.30. The third kappa shape index (κ3) is 1.55. The van der Waals surface area contributed by atoms with Crippen LogP contribution in [0.5, 0.6) is 0 Å². The summed E-state index contributed by atoms with van der Waals surface area (Å²) in [5.41, 5.74) is 0. The first-order chi connectivity index (χ1) is 5.52. The SMILES string of the molecule is CC1CC(=O)N(CC(=O)O)N1C. The maximum Gasteiger partial charge on any atom is 0.324 e. The summed E-state index contributed by atoms with van der Waals surface area (Å²) in [6, 6.07) is 0.108. The maximum atomic E-state index is 11.2. The van der Waals surface area contributed by atoms with E-state index in [-0.39, 0.29) is 18.5 Å². The number of carbonyl (C=O) groups is 2. The lowest BCUT2D eigenvalue weighted by atomic mass is 10.2. The van der Waals surface area contributed by atoms with Crippen molar-refractivity contribution in [2.45, 2.75) is 19.4 Å². The molecule has 5 nitrogen and oxygen atoms in total. The Hall–Kier alpha value is -1.10. The molecule has 1 aliphatic rings. The number of hydrazine groups is 1. The molecule has 1 atom stereocenters. The van der Waals surface area contributed by atoms with Gasteiger partial charge < -0.3 is 5.11 Å². The van der Waals surface area contributed by atoms with E-state index in [1.807, 2.05) is 6.92 Å². The van der Waals surface area contributed by atoms with Crippen LogP contribution < -0.4 is 0 Å². The molecule has 0 aromatic rings. The van der Waals surface area contributed by atoms with Gasteiger partial charge in [-0.1, -0.05) is 0 Å². The molecule has 12 heavy (non-hydrogen) atoms. The summed E-state index contributed by atoms with van der Waals surface area (Å²) < 4.78 is 0. The molecular weight excluding hydrogens is 160 g/mol. The summed E-state index contributed by atoms with van der Waals surface area (Å²) >= 11 is 0. The van der Waals surface area contributed by atoms with Gasteiger partial charge in [-0.2, -0.15) is 0 Å². The van der Waals surface area contributed by atoms with Crippen LogP contribution in [0.4, 0.5) is 0 Å². The van der Waals surface area contributed by atoms with Gasteiger partial charge in [-0.05, 0) is 6.92 Å². The Morgan fingerprint density at radius 2 is 2.33 bits per heavy atom. The monoisotopic (exact) mass is 172 g/mol. The van der Waals surface area contributed by atoms with Gasteiger partial charge in [-0.25, -0.2) is 5.01 Å². The van der Waals surface area contributed by atoms with Gasteiger partial charge in [0.2, 0.25) is 5.91 Å². The van der Waals surface area contributed by atoms with E-state index < -0.39 is 5.97 Å². The molecule has 68 valence electrons. The van der Waals surface area contributed by atoms with E-state index in [0.717, 1.165) is 0 Å². The van der Waals surface area contributed by atoms with Crippen molar-refractivity contribution in [1.29, 1.82) is 0 Å². The van der Waals surface area contributed by atoms with Crippen LogP contribution in [0.25, 0.3) is 0 Å². The Kier molecular flexibility index (Phi) is 2.32. The van der Waals surface area contributed by atoms with E-state index >= 15 is 0 Å². The first-order valence-corrected chi connectivity index (χ1v) is 3.77. The summed E-state index contributed by atoms with van der Waals surface area (Å²) in [5, 5.41) is 11.4. The minimum atomic E-state index is -0.982. The van der Waals surface area contributed by atoms with Crippen molar-refractivity contribution < 1.29 is 14.7 Å². The van der Waals surface area contributed by atoms with Gasteiger partial charge in [-0.3, -0.25) is 14.6 Å². The van der Waals surface area contributed by atoms with E-state index in [9.17, 15) is 9.59 Å². The molecule has 0 spiro atoms. The Labute approximate surface area is 70.5 Å². The fourth-order valence-corrected chi connectivity index (χ4v) is 1.23. The predicted molar refractivity (Wildman–Crippen MR) is 41.2 cm³/mol. The third-order valence-electron chi connectivity index (χ3n) is 2.06. The summed E-state index contributed by atoms with van der Waals surface area (Å²) in [7, 11) is 1.72. The lowest BCUT2D eigenvalue weighted by molar-refractivity contribution is -0.150. The highest BCUT2D eigenvalue weighted by atomic mass is 16.4. The number of carboxylic acids is 1. The average molecular weight is 172 g/mol. The van der Waals surface area contributed by atoms with Crippen molar-refractivity contribution in [3.8, 4) is 0 Å². The number of aliphatic carboxylic acids is 1. The van der Waals surface area contributed by atoms with E-state index in [2.05, 4.69) is 0 Å². The number of hydrogen-bond acceptors (Lipinski definition) is 3. The molecule has 1 saturated heterocycles. The van der Waals surface area contributed by atoms with E-state index in [1.54, 1.807) is 12.1 Å². The molecule has 0 aliphatic carbocycles. The number of rotatable bonds is 2. The van der Waals surface area contributed by atoms with Crippen LogP contribution in [-0.2, 0) is 9.59 Å². The van der Waals surface area contributed by atoms with Crippen LogP contribution in [0.15, 0.2) is 0 Å². The largest absolute Gasteiger partial charge is 0.480 e. The summed E-state index contributed by atoms with van der Waals surface area (Å²) in [4.78, 5) is 21.5. The lowest BCUT2D eigenvalue weighted by Crippen LogP contribution is -2.41. The highest BCUT2D eigenvalue weighted by Gasteiger charge is 2.33. The molecule has 1 unspecified atom stereocenters. The minimum absolute atomic E-state index is 0.108. The van der Waals surface area contributed by atoms with Gasteiger partial charge in [0.05, 0.1) is 0 Å². The third-order valence-corrected chi connectivity index (χ3v) is 2.06. The Bertz CT molecular complexity index is 217. The van der Waals surface area contributed by atoms with Gasteiger partial charge in [0.15, 0.2) is 0 Å². The summed E-state index contributed by atoms with van der Waals surface area (Å²) in [6.45, 7) is 1.65. The van der Waals surface area contributed by atoms with Crippen molar-refractivity contribution in [1.82, 2.24) is 10.0 Å². The molecule has 1 aliphatic heterocycles. The van der Waals surface area contributed by atoms with Gasteiger partial charge >= 0.3 is 5.97 Å². The van der Waals surface area contributed by atoms with Gasteiger partial charge in [0.1, 0.15) is 6.54 Å². The van der Waals surface area contributed by atoms with Crippen molar-refractivity contribution in [3.05, 3.63) is 0 Å². The molecule has 1 fully saturated rings. The molecule has 0 aromatic carbocycles. The minimum Gasteiger partial charge on any atom is -0.480 e. The fourth-order valence-electron chi connectivity index (χ4n) is 1.23. The van der Waals surface area contributed by atoms with Crippen LogP contribution in [0.3, 0.4) is 0 Å². The molecule has 0 radical (unpaired) electrons. The van der Waals surface area contributed by atoms with Crippen molar-refractivity contribution in [2.75, 3.05) is 13.6 Å². The van der Waals surface area contributed by atoms with E-state index in [0.29, 0.717) is 6.42 Å². The van der Waals surface area contributed by atoms with Crippen LogP contribution in [-0.4, -0.2) is 46.6 Å². The van der Waals surface area contributed by atoms with Gasteiger partial charge in [-0.15, -0.1) is 0 Å². The van der Waals surface area contributed by atoms with Crippen LogP contribution >= 0.6 is 0 Å². The van der Waals surface area contributed by atoms with Gasteiger partial charge in [0, 0.05) is 19.5 Å². The van der Waals surface area contributed by atoms with E-state index in [1.165, 1.54) is 5.01 Å². The van der Waals surface area contributed by atoms with Gasteiger partial charge in [0.25, 0.3) is 0 Å². The first kappa shape index (κ1) is 8.99. The van der Waals surface area contributed by atoms with Crippen molar-refractivity contribution in [3.63, 3.8) is 0 Å². The highest BCUT2D eigenvalue weighted by Crippen LogP contribution is 2.16. The van der Waals surface area contributed by atoms with Crippen LogP contribution in [0.2, 0.25) is 0 Å². The lowest BCUT2D eigenvalue weighted by Gasteiger charge is -2.24. The quantitative estimate of drug-likeness (QED) is 0.612. The number of carbonyl (C=O) groups excluding carboxylic acids is 1. The fraction of sp³-hybridized carbons (Fsp3) is 0.714. The molecule has 0 bridgehead atoms. The molecular formula is C7H12N2O3. The molecule has 1 heterocycles. The second kappa shape index (κ2) is 3.10. The standard InChI is InChI=1S/C7H12N2O3/c1-5-3-6(10)9(8(5)2)4-7(11)12/h5H,3-4H2,1-2H3,(H,11,12). The Morgan fingerprint density at radius 1 is 1.75 bits per heavy atom. The Morgan fingerprint density at radius 3 is 2.67 bits per heavy atom. The molecule has 1 rings (SSSR count). The topological polar surface area (TPSA) is 60.9 Å². The molecule has 1 amide bonds. The second-order valence-electron chi connectivity index (χ2n) is 2.97. The average Bonchev–Trinajstić information content (AvgIpc) is 2.16. The van der Waals surface area contributed by atoms with Crippen LogP contribution in [0.1, 0.15) is 13.3 Å². The first-order valence-electron chi connectivity index (χ1n) is 3.77. The zero-order valence-corrected chi connectivity index (χ0v) is 7.15. The number of carboxylic acid groups (broad SMARTS) is 1. The molecule has 0 aromatic heterocycles. The normalized spacial score (nSPS) is 25.0. The van der Waals surface area contributed by atoms with Crippen molar-refractivity contribution >= 4 is 11.9 Å². The van der Waals surface area contributed by atoms with Crippen LogP contribution in [0, 0.1) is 0 Å². The summed E-state index contributed by atoms with van der Waals surface area (Å²) in [5.74, 6) is -1.10. The van der Waals surface area contributed by atoms with Crippen molar-refractivity contribution in [2.24, 2.45) is 0 Å². The zero-order valence-electron chi connectivity index (χ0n) is 7.15. The molecule has 1 N–H and O–H groups in total. The Balaban J connectivity index is 2.63. The maximum absolute atomic E-state index is 11.2. The number of amides is 1. The smallest absolute Gasteiger partial charge is 0.324 e. The number of hydrogen-bond donors (Lipinski definition) is 1. The number of nitrogens with zero attached hydrogens (tertiary/aromatic N) is 2.